The maximum absolute atomic E-state index is 12.6. The summed E-state index contributed by atoms with van der Waals surface area (Å²) in [5.74, 6) is 0.208. The molecule has 0 bridgehead atoms. The van der Waals surface area contributed by atoms with Crippen molar-refractivity contribution in [1.29, 1.82) is 0 Å². The van der Waals surface area contributed by atoms with E-state index in [9.17, 15) is 4.79 Å². The molecule has 1 amide bonds. The summed E-state index contributed by atoms with van der Waals surface area (Å²) in [5.41, 5.74) is 2.89. The molecule has 132 valence electrons. The van der Waals surface area contributed by atoms with Gasteiger partial charge in [0.25, 0.3) is 5.91 Å². The monoisotopic (exact) mass is 337 g/mol. The van der Waals surface area contributed by atoms with E-state index in [-0.39, 0.29) is 11.8 Å². The molecule has 1 unspecified atom stereocenters. The van der Waals surface area contributed by atoms with Crippen molar-refractivity contribution in [3.63, 3.8) is 0 Å². The van der Waals surface area contributed by atoms with Crippen LogP contribution in [0, 0.1) is 6.92 Å². The largest absolute Gasteiger partial charge is 0.351 e. The van der Waals surface area contributed by atoms with Crippen LogP contribution in [-0.4, -0.2) is 22.2 Å². The normalized spacial score (nSPS) is 15.9. The fraction of sp³-hybridized carbons (Fsp3) is 0.429. The van der Waals surface area contributed by atoms with Gasteiger partial charge >= 0.3 is 0 Å². The zero-order chi connectivity index (χ0) is 17.6. The number of aromatic nitrogens is 2. The van der Waals surface area contributed by atoms with Crippen molar-refractivity contribution in [3.8, 4) is 0 Å². The summed E-state index contributed by atoms with van der Waals surface area (Å²) in [5, 5.41) is 7.57. The maximum atomic E-state index is 12.6. The summed E-state index contributed by atoms with van der Waals surface area (Å²) < 4.78 is 2.04. The van der Waals surface area contributed by atoms with E-state index < -0.39 is 0 Å². The Balaban J connectivity index is 1.66. The standard InChI is InChI=1S/C21H27N3O/c1-3-9-18(17-10-5-4-6-11-17)14-22-21(25)20-15-23-24(16(20)2)19-12-7-8-13-19/h3-6,10-11,15,18-19H,1,7-9,12-14H2,2H3,(H,22,25). The molecule has 2 aromatic rings. The molecular formula is C21H27N3O. The van der Waals surface area contributed by atoms with Gasteiger partial charge in [0.1, 0.15) is 0 Å². The highest BCUT2D eigenvalue weighted by atomic mass is 16.1. The second kappa shape index (κ2) is 8.15. The smallest absolute Gasteiger partial charge is 0.254 e. The van der Waals surface area contributed by atoms with E-state index in [0.29, 0.717) is 18.2 Å². The highest BCUT2D eigenvalue weighted by Gasteiger charge is 2.23. The molecule has 1 aliphatic rings. The molecule has 0 aliphatic heterocycles. The molecule has 0 radical (unpaired) electrons. The van der Waals surface area contributed by atoms with Gasteiger partial charge in [-0.1, -0.05) is 49.2 Å². The molecule has 0 spiro atoms. The molecule has 1 N–H and O–H groups in total. The highest BCUT2D eigenvalue weighted by Crippen LogP contribution is 2.30. The van der Waals surface area contributed by atoms with Crippen LogP contribution in [0.15, 0.2) is 49.2 Å². The van der Waals surface area contributed by atoms with Gasteiger partial charge in [-0.15, -0.1) is 6.58 Å². The lowest BCUT2D eigenvalue weighted by molar-refractivity contribution is 0.0950. The minimum absolute atomic E-state index is 0.0354. The number of benzene rings is 1. The van der Waals surface area contributed by atoms with Crippen molar-refractivity contribution in [1.82, 2.24) is 15.1 Å². The van der Waals surface area contributed by atoms with E-state index in [1.54, 1.807) is 6.20 Å². The van der Waals surface area contributed by atoms with E-state index in [4.69, 9.17) is 0 Å². The molecule has 4 heteroatoms. The Labute approximate surface area is 149 Å². The number of allylic oxidation sites excluding steroid dienone is 1. The van der Waals surface area contributed by atoms with Crippen LogP contribution in [0.4, 0.5) is 0 Å². The molecule has 1 aromatic heterocycles. The molecule has 0 saturated heterocycles. The summed E-state index contributed by atoms with van der Waals surface area (Å²) >= 11 is 0. The molecule has 1 saturated carbocycles. The molecule has 1 atom stereocenters. The van der Waals surface area contributed by atoms with E-state index in [1.807, 2.05) is 35.9 Å². The zero-order valence-corrected chi connectivity index (χ0v) is 14.9. The van der Waals surface area contributed by atoms with Crippen molar-refractivity contribution in [2.45, 2.75) is 51.0 Å². The molecule has 3 rings (SSSR count). The molecule has 1 aliphatic carbocycles. The Morgan fingerprint density at radius 2 is 2.08 bits per heavy atom. The van der Waals surface area contributed by atoms with Crippen molar-refractivity contribution in [3.05, 3.63) is 66.0 Å². The van der Waals surface area contributed by atoms with Crippen molar-refractivity contribution >= 4 is 5.91 Å². The lowest BCUT2D eigenvalue weighted by atomic mass is 9.95. The van der Waals surface area contributed by atoms with E-state index >= 15 is 0 Å². The first kappa shape index (κ1) is 17.5. The summed E-state index contributed by atoms with van der Waals surface area (Å²) in [7, 11) is 0. The van der Waals surface area contributed by atoms with Crippen LogP contribution in [0.1, 0.15) is 65.7 Å². The Morgan fingerprint density at radius 3 is 2.76 bits per heavy atom. The summed E-state index contributed by atoms with van der Waals surface area (Å²) in [6.07, 6.45) is 9.31. The fourth-order valence-electron chi connectivity index (χ4n) is 3.74. The Kier molecular flexibility index (Phi) is 5.69. The Hall–Kier alpha value is -2.36. The molecule has 4 nitrogen and oxygen atoms in total. The summed E-state index contributed by atoms with van der Waals surface area (Å²) in [6.45, 7) is 6.45. The third kappa shape index (κ3) is 4.01. The summed E-state index contributed by atoms with van der Waals surface area (Å²) in [4.78, 5) is 12.6. The molecule has 1 heterocycles. The predicted molar refractivity (Wildman–Crippen MR) is 101 cm³/mol. The van der Waals surface area contributed by atoms with Gasteiger partial charge in [-0.3, -0.25) is 9.48 Å². The van der Waals surface area contributed by atoms with E-state index in [0.717, 1.165) is 12.1 Å². The first-order valence-electron chi connectivity index (χ1n) is 9.19. The van der Waals surface area contributed by atoms with Gasteiger partial charge in [0, 0.05) is 18.2 Å². The predicted octanol–water partition coefficient (Wildman–Crippen LogP) is 4.40. The van der Waals surface area contributed by atoms with Crippen LogP contribution < -0.4 is 5.32 Å². The van der Waals surface area contributed by atoms with Crippen LogP contribution in [-0.2, 0) is 0 Å². The number of amides is 1. The molecule has 1 aromatic carbocycles. The number of nitrogens with zero attached hydrogens (tertiary/aromatic N) is 2. The fourth-order valence-corrected chi connectivity index (χ4v) is 3.74. The number of rotatable bonds is 7. The third-order valence-electron chi connectivity index (χ3n) is 5.19. The number of carbonyl (C=O) groups is 1. The van der Waals surface area contributed by atoms with E-state index in [1.165, 1.54) is 31.2 Å². The molecule has 25 heavy (non-hydrogen) atoms. The van der Waals surface area contributed by atoms with Gasteiger partial charge in [0.05, 0.1) is 17.8 Å². The van der Waals surface area contributed by atoms with Gasteiger partial charge in [-0.05, 0) is 31.7 Å². The second-order valence-corrected chi connectivity index (χ2v) is 6.87. The van der Waals surface area contributed by atoms with Crippen LogP contribution in [0.5, 0.6) is 0 Å². The minimum atomic E-state index is -0.0354. The Bertz CT molecular complexity index is 714. The summed E-state index contributed by atoms with van der Waals surface area (Å²) in [6, 6.07) is 10.7. The van der Waals surface area contributed by atoms with Gasteiger partial charge in [-0.25, -0.2) is 0 Å². The van der Waals surface area contributed by atoms with Gasteiger partial charge in [0.15, 0.2) is 0 Å². The average Bonchev–Trinajstić information content (AvgIpc) is 3.28. The third-order valence-corrected chi connectivity index (χ3v) is 5.19. The number of hydrogen-bond donors (Lipinski definition) is 1. The average molecular weight is 337 g/mol. The number of carbonyl (C=O) groups excluding carboxylic acids is 1. The van der Waals surface area contributed by atoms with Crippen LogP contribution in [0.2, 0.25) is 0 Å². The van der Waals surface area contributed by atoms with Crippen molar-refractivity contribution < 1.29 is 4.79 Å². The van der Waals surface area contributed by atoms with E-state index in [2.05, 4.69) is 29.1 Å². The van der Waals surface area contributed by atoms with Gasteiger partial charge < -0.3 is 5.32 Å². The second-order valence-electron chi connectivity index (χ2n) is 6.87. The van der Waals surface area contributed by atoms with Crippen LogP contribution >= 0.6 is 0 Å². The topological polar surface area (TPSA) is 46.9 Å². The first-order chi connectivity index (χ1) is 12.2. The van der Waals surface area contributed by atoms with Crippen molar-refractivity contribution in [2.75, 3.05) is 6.54 Å². The van der Waals surface area contributed by atoms with Crippen molar-refractivity contribution in [2.24, 2.45) is 0 Å². The lowest BCUT2D eigenvalue weighted by Crippen LogP contribution is -2.28. The minimum Gasteiger partial charge on any atom is -0.351 e. The highest BCUT2D eigenvalue weighted by molar-refractivity contribution is 5.95. The van der Waals surface area contributed by atoms with Gasteiger partial charge in [-0.2, -0.15) is 5.10 Å². The molecular weight excluding hydrogens is 310 g/mol. The SMILES string of the molecule is C=CCC(CNC(=O)c1cnn(C2CCCC2)c1C)c1ccccc1. The van der Waals surface area contributed by atoms with Crippen LogP contribution in [0.25, 0.3) is 0 Å². The van der Waals surface area contributed by atoms with Gasteiger partial charge in [0.2, 0.25) is 0 Å². The number of hydrogen-bond acceptors (Lipinski definition) is 2. The number of nitrogens with one attached hydrogen (secondary N) is 1. The van der Waals surface area contributed by atoms with Crippen LogP contribution in [0.3, 0.4) is 0 Å². The lowest BCUT2D eigenvalue weighted by Gasteiger charge is -2.17. The molecule has 1 fully saturated rings. The first-order valence-corrected chi connectivity index (χ1v) is 9.19. The zero-order valence-electron chi connectivity index (χ0n) is 14.9. The Morgan fingerprint density at radius 1 is 1.36 bits per heavy atom. The maximum Gasteiger partial charge on any atom is 0.254 e. The quantitative estimate of drug-likeness (QED) is 0.761.